The molecular formula is C44H31N. The van der Waals surface area contributed by atoms with E-state index < -0.39 is 0 Å². The summed E-state index contributed by atoms with van der Waals surface area (Å²) in [5, 5.41) is 13.0. The summed E-state index contributed by atoms with van der Waals surface area (Å²) in [6, 6.07) is 53.7. The fourth-order valence-electron chi connectivity index (χ4n) is 7.57. The first-order valence-corrected chi connectivity index (χ1v) is 15.7. The van der Waals surface area contributed by atoms with Crippen LogP contribution < -0.4 is 0 Å². The zero-order valence-corrected chi connectivity index (χ0v) is 25.0. The summed E-state index contributed by atoms with van der Waals surface area (Å²) in [4.78, 5) is 0. The van der Waals surface area contributed by atoms with Crippen LogP contribution >= 0.6 is 0 Å². The van der Waals surface area contributed by atoms with Gasteiger partial charge in [0.1, 0.15) is 0 Å². The van der Waals surface area contributed by atoms with Crippen molar-refractivity contribution < 1.29 is 0 Å². The Morgan fingerprint density at radius 1 is 0.400 bits per heavy atom. The average molecular weight is 574 g/mol. The van der Waals surface area contributed by atoms with Gasteiger partial charge in [-0.3, -0.25) is 0 Å². The Kier molecular flexibility index (Phi) is 5.86. The Morgan fingerprint density at radius 3 is 1.11 bits per heavy atom. The van der Waals surface area contributed by atoms with Gasteiger partial charge in [-0.05, 0) is 115 Å². The molecular weight excluding hydrogens is 542 g/mol. The predicted molar refractivity (Wildman–Crippen MR) is 194 cm³/mol. The van der Waals surface area contributed by atoms with E-state index in [0.717, 1.165) is 12.8 Å². The summed E-state index contributed by atoms with van der Waals surface area (Å²) < 4.78 is 2.23. The highest BCUT2D eigenvalue weighted by Gasteiger charge is 2.15. The highest BCUT2D eigenvalue weighted by atomic mass is 14.9. The van der Waals surface area contributed by atoms with Crippen LogP contribution in [0.1, 0.15) is 22.3 Å². The van der Waals surface area contributed by atoms with Crippen molar-refractivity contribution in [1.29, 1.82) is 0 Å². The lowest BCUT2D eigenvalue weighted by atomic mass is 9.91. The van der Waals surface area contributed by atoms with Crippen molar-refractivity contribution in [2.45, 2.75) is 12.8 Å². The van der Waals surface area contributed by atoms with E-state index in [1.165, 1.54) is 87.1 Å². The van der Waals surface area contributed by atoms with E-state index >= 15 is 0 Å². The van der Waals surface area contributed by atoms with Gasteiger partial charge in [0.25, 0.3) is 0 Å². The SMILES string of the molecule is C=Cn1c2ccc(Cc3c4ccccc4cc4ccccc34)cc2c2cc(Cc3c4ccccc4cc4ccccc34)ccc21. The summed E-state index contributed by atoms with van der Waals surface area (Å²) >= 11 is 0. The number of hydrogen-bond donors (Lipinski definition) is 0. The van der Waals surface area contributed by atoms with Crippen LogP contribution in [0.3, 0.4) is 0 Å². The van der Waals surface area contributed by atoms with E-state index in [1.54, 1.807) is 0 Å². The molecule has 45 heavy (non-hydrogen) atoms. The van der Waals surface area contributed by atoms with Crippen molar-refractivity contribution in [1.82, 2.24) is 4.57 Å². The molecule has 0 aliphatic heterocycles. The van der Waals surface area contributed by atoms with Gasteiger partial charge in [0, 0.05) is 17.0 Å². The van der Waals surface area contributed by atoms with Crippen molar-refractivity contribution in [3.63, 3.8) is 0 Å². The minimum atomic E-state index is 0.875. The van der Waals surface area contributed by atoms with Gasteiger partial charge < -0.3 is 4.57 Å². The number of fused-ring (bicyclic) bond motifs is 7. The molecule has 0 aliphatic carbocycles. The van der Waals surface area contributed by atoms with Crippen LogP contribution in [0.4, 0.5) is 0 Å². The third-order valence-electron chi connectivity index (χ3n) is 9.64. The zero-order chi connectivity index (χ0) is 29.9. The van der Waals surface area contributed by atoms with Gasteiger partial charge >= 0.3 is 0 Å². The maximum absolute atomic E-state index is 4.18. The lowest BCUT2D eigenvalue weighted by Gasteiger charge is -2.12. The normalized spacial score (nSPS) is 11.8. The molecule has 1 aromatic heterocycles. The number of hydrogen-bond acceptors (Lipinski definition) is 0. The number of benzene rings is 8. The van der Waals surface area contributed by atoms with Crippen molar-refractivity contribution in [3.8, 4) is 0 Å². The molecule has 1 nitrogen and oxygen atoms in total. The molecule has 0 saturated carbocycles. The smallest absolute Gasteiger partial charge is 0.0534 e. The van der Waals surface area contributed by atoms with E-state index in [9.17, 15) is 0 Å². The van der Waals surface area contributed by atoms with Gasteiger partial charge in [0.05, 0.1) is 11.0 Å². The Labute approximate surface area is 262 Å². The standard InChI is InChI=1S/C44H31N/c1-2-45-43-21-19-29(23-39-35-15-7-3-11-31(35)27-32-12-4-8-16-36(32)39)25-41(43)42-26-30(20-22-44(42)45)24-40-37-17-9-5-13-33(37)28-34-14-6-10-18-38(34)40/h2-22,25-28H,1,23-24H2. The van der Waals surface area contributed by atoms with Gasteiger partial charge in [0.2, 0.25) is 0 Å². The Balaban J connectivity index is 1.20. The second-order valence-corrected chi connectivity index (χ2v) is 12.2. The molecule has 212 valence electrons. The highest BCUT2D eigenvalue weighted by Crippen LogP contribution is 2.36. The second-order valence-electron chi connectivity index (χ2n) is 12.2. The van der Waals surface area contributed by atoms with Crippen LogP contribution in [0.25, 0.3) is 71.1 Å². The minimum absolute atomic E-state index is 0.875. The Morgan fingerprint density at radius 2 is 0.756 bits per heavy atom. The molecule has 0 amide bonds. The van der Waals surface area contributed by atoms with Gasteiger partial charge in [0.15, 0.2) is 0 Å². The minimum Gasteiger partial charge on any atom is -0.317 e. The number of rotatable bonds is 5. The molecule has 1 heteroatoms. The average Bonchev–Trinajstić information content (AvgIpc) is 3.40. The molecule has 0 atom stereocenters. The molecule has 0 unspecified atom stereocenters. The highest BCUT2D eigenvalue weighted by molar-refractivity contribution is 6.10. The maximum atomic E-state index is 4.18. The first-order valence-electron chi connectivity index (χ1n) is 15.7. The molecule has 0 N–H and O–H groups in total. The molecule has 0 radical (unpaired) electrons. The summed E-state index contributed by atoms with van der Waals surface area (Å²) in [6.45, 7) is 4.18. The lowest BCUT2D eigenvalue weighted by molar-refractivity contribution is 1.23. The van der Waals surface area contributed by atoms with Crippen molar-refractivity contribution in [2.24, 2.45) is 0 Å². The number of aromatic nitrogens is 1. The van der Waals surface area contributed by atoms with Gasteiger partial charge in [-0.25, -0.2) is 0 Å². The van der Waals surface area contributed by atoms with E-state index in [2.05, 4.69) is 157 Å². The zero-order valence-electron chi connectivity index (χ0n) is 25.0. The topological polar surface area (TPSA) is 4.93 Å². The fourth-order valence-corrected chi connectivity index (χ4v) is 7.57. The molecule has 0 spiro atoms. The first kappa shape index (κ1) is 25.8. The first-order chi connectivity index (χ1) is 22.2. The third kappa shape index (κ3) is 4.16. The predicted octanol–water partition coefficient (Wildman–Crippen LogP) is 11.7. The van der Waals surface area contributed by atoms with Crippen molar-refractivity contribution in [2.75, 3.05) is 0 Å². The third-order valence-corrected chi connectivity index (χ3v) is 9.64. The second kappa shape index (κ2) is 10.2. The monoisotopic (exact) mass is 573 g/mol. The Hall–Kier alpha value is -5.66. The number of nitrogens with zero attached hydrogens (tertiary/aromatic N) is 1. The van der Waals surface area contributed by atoms with Crippen LogP contribution in [0, 0.1) is 0 Å². The fraction of sp³-hybridized carbons (Fsp3) is 0.0455. The van der Waals surface area contributed by atoms with Crippen molar-refractivity contribution in [3.05, 3.63) is 174 Å². The largest absolute Gasteiger partial charge is 0.317 e. The molecule has 0 fully saturated rings. The summed E-state index contributed by atoms with van der Waals surface area (Å²) in [6.07, 6.45) is 3.70. The van der Waals surface area contributed by atoms with E-state index in [-0.39, 0.29) is 0 Å². The lowest BCUT2D eigenvalue weighted by Crippen LogP contribution is -1.93. The van der Waals surface area contributed by atoms with Gasteiger partial charge in [-0.15, -0.1) is 0 Å². The van der Waals surface area contributed by atoms with Crippen LogP contribution in [-0.4, -0.2) is 4.57 Å². The van der Waals surface area contributed by atoms with Crippen molar-refractivity contribution >= 4 is 71.1 Å². The molecule has 0 aliphatic rings. The van der Waals surface area contributed by atoms with Gasteiger partial charge in [-0.2, -0.15) is 0 Å². The Bertz CT molecular complexity index is 2330. The van der Waals surface area contributed by atoms with E-state index in [0.29, 0.717) is 0 Å². The quantitative estimate of drug-likeness (QED) is 0.181. The summed E-state index contributed by atoms with van der Waals surface area (Å²) in [5.74, 6) is 0. The van der Waals surface area contributed by atoms with Crippen LogP contribution in [0.5, 0.6) is 0 Å². The summed E-state index contributed by atoms with van der Waals surface area (Å²) in [7, 11) is 0. The van der Waals surface area contributed by atoms with E-state index in [1.807, 2.05) is 6.20 Å². The van der Waals surface area contributed by atoms with Crippen LogP contribution in [0.15, 0.2) is 152 Å². The molecule has 9 rings (SSSR count). The van der Waals surface area contributed by atoms with Crippen LogP contribution in [0.2, 0.25) is 0 Å². The van der Waals surface area contributed by atoms with E-state index in [4.69, 9.17) is 0 Å². The molecule has 9 aromatic rings. The molecule has 8 aromatic carbocycles. The molecule has 1 heterocycles. The summed E-state index contributed by atoms with van der Waals surface area (Å²) in [5.41, 5.74) is 7.80. The molecule has 0 bridgehead atoms. The van der Waals surface area contributed by atoms with Gasteiger partial charge in [-0.1, -0.05) is 116 Å². The maximum Gasteiger partial charge on any atom is 0.0534 e. The molecule has 0 saturated heterocycles. The van der Waals surface area contributed by atoms with Crippen LogP contribution in [-0.2, 0) is 12.8 Å².